The molecular formula is C5H11NO4S. The Bertz CT molecular complexity index is 211. The van der Waals surface area contributed by atoms with Crippen molar-refractivity contribution in [2.24, 2.45) is 0 Å². The van der Waals surface area contributed by atoms with E-state index in [4.69, 9.17) is 0 Å². The number of rotatable bonds is 5. The summed E-state index contributed by atoms with van der Waals surface area (Å²) >= 11 is 0. The van der Waals surface area contributed by atoms with E-state index in [9.17, 15) is 13.2 Å². The average Bonchev–Trinajstić information content (AvgIpc) is 2.00. The second kappa shape index (κ2) is 4.30. The summed E-state index contributed by atoms with van der Waals surface area (Å²) in [5.41, 5.74) is 0. The Morgan fingerprint density at radius 2 is 2.00 bits per heavy atom. The molecule has 0 spiro atoms. The molecule has 0 bridgehead atoms. The van der Waals surface area contributed by atoms with E-state index in [0.717, 1.165) is 0 Å². The molecule has 11 heavy (non-hydrogen) atoms. The molecule has 0 aliphatic carbocycles. The van der Waals surface area contributed by atoms with Crippen LogP contribution < -0.4 is 0 Å². The number of sulfonamides is 1. The van der Waals surface area contributed by atoms with Crippen LogP contribution in [0.3, 0.4) is 0 Å². The summed E-state index contributed by atoms with van der Waals surface area (Å²) in [4.78, 5) is 14.6. The summed E-state index contributed by atoms with van der Waals surface area (Å²) in [6, 6.07) is 0. The zero-order chi connectivity index (χ0) is 8.91. The van der Waals surface area contributed by atoms with E-state index in [0.29, 0.717) is 4.47 Å². The topological polar surface area (TPSA) is 63.7 Å². The molecule has 0 aliphatic heterocycles. The highest BCUT2D eigenvalue weighted by molar-refractivity contribution is 7.89. The smallest absolute Gasteiger partial charge is 0.259 e. The van der Waals surface area contributed by atoms with Crippen LogP contribution in [0.25, 0.3) is 0 Å². The Balaban J connectivity index is 4.37. The van der Waals surface area contributed by atoms with Gasteiger partial charge in [-0.2, -0.15) is 0 Å². The van der Waals surface area contributed by atoms with Crippen LogP contribution in [0.5, 0.6) is 0 Å². The van der Waals surface area contributed by atoms with Gasteiger partial charge in [0.05, 0.1) is 12.4 Å². The molecule has 0 saturated heterocycles. The van der Waals surface area contributed by atoms with E-state index in [-0.39, 0.29) is 18.8 Å². The van der Waals surface area contributed by atoms with Gasteiger partial charge in [0.25, 0.3) is 10.0 Å². The Morgan fingerprint density at radius 3 is 2.27 bits per heavy atom. The maximum absolute atomic E-state index is 10.9. The van der Waals surface area contributed by atoms with Crippen LogP contribution in [0.1, 0.15) is 13.8 Å². The molecule has 0 aromatic heterocycles. The summed E-state index contributed by atoms with van der Waals surface area (Å²) in [6.45, 7) is 3.19. The summed E-state index contributed by atoms with van der Waals surface area (Å²) in [6.07, 6.45) is 0.141. The van der Waals surface area contributed by atoms with Gasteiger partial charge in [0.2, 0.25) is 6.41 Å². The highest BCUT2D eigenvalue weighted by Crippen LogP contribution is 1.97. The predicted molar refractivity (Wildman–Crippen MR) is 39.0 cm³/mol. The largest absolute Gasteiger partial charge is 0.275 e. The van der Waals surface area contributed by atoms with Crippen molar-refractivity contribution in [1.82, 2.24) is 4.47 Å². The fraction of sp³-hybridized carbons (Fsp3) is 0.800. The van der Waals surface area contributed by atoms with Crippen molar-refractivity contribution < 1.29 is 18.0 Å². The van der Waals surface area contributed by atoms with Crippen LogP contribution in [-0.2, 0) is 19.7 Å². The van der Waals surface area contributed by atoms with E-state index >= 15 is 0 Å². The van der Waals surface area contributed by atoms with Crippen LogP contribution in [0.2, 0.25) is 0 Å². The lowest BCUT2D eigenvalue weighted by atomic mass is 10.9. The summed E-state index contributed by atoms with van der Waals surface area (Å²) in [5.74, 6) is -0.147. The predicted octanol–water partition coefficient (Wildman–Crippen LogP) is -0.254. The minimum absolute atomic E-state index is 0.141. The first kappa shape index (κ1) is 10.4. The molecular weight excluding hydrogens is 170 g/mol. The van der Waals surface area contributed by atoms with Crippen molar-refractivity contribution >= 4 is 16.4 Å². The molecule has 0 saturated carbocycles. The van der Waals surface area contributed by atoms with Gasteiger partial charge in [-0.1, -0.05) is 0 Å². The van der Waals surface area contributed by atoms with Crippen molar-refractivity contribution in [3.63, 3.8) is 0 Å². The van der Waals surface area contributed by atoms with Gasteiger partial charge >= 0.3 is 0 Å². The molecule has 0 aromatic rings. The molecule has 0 unspecified atom stereocenters. The Hall–Kier alpha value is -0.620. The summed E-state index contributed by atoms with van der Waals surface area (Å²) < 4.78 is 22.1. The zero-order valence-corrected chi connectivity index (χ0v) is 7.30. The second-order valence-corrected chi connectivity index (χ2v) is 3.78. The molecule has 0 atom stereocenters. The van der Waals surface area contributed by atoms with Gasteiger partial charge in [-0.25, -0.2) is 8.42 Å². The van der Waals surface area contributed by atoms with Crippen LogP contribution >= 0.6 is 0 Å². The quantitative estimate of drug-likeness (QED) is 0.433. The normalized spacial score (nSPS) is 11.1. The molecule has 1 amide bonds. The van der Waals surface area contributed by atoms with E-state index in [1.807, 2.05) is 0 Å². The molecule has 0 fully saturated rings. The van der Waals surface area contributed by atoms with Gasteiger partial charge in [-0.3, -0.25) is 9.63 Å². The van der Waals surface area contributed by atoms with Gasteiger partial charge in [0.1, 0.15) is 0 Å². The monoisotopic (exact) mass is 181 g/mol. The number of hydrogen-bond donors (Lipinski definition) is 0. The van der Waals surface area contributed by atoms with Gasteiger partial charge in [0, 0.05) is 0 Å². The Morgan fingerprint density at radius 1 is 1.45 bits per heavy atom. The first-order valence-electron chi connectivity index (χ1n) is 3.18. The molecule has 0 heterocycles. The maximum atomic E-state index is 10.9. The number of carbonyl (C=O) groups excluding carboxylic acids is 1. The third-order valence-electron chi connectivity index (χ3n) is 0.981. The molecule has 66 valence electrons. The van der Waals surface area contributed by atoms with E-state index < -0.39 is 10.0 Å². The minimum Gasteiger partial charge on any atom is -0.275 e. The maximum Gasteiger partial charge on any atom is 0.259 e. The third kappa shape index (κ3) is 2.85. The van der Waals surface area contributed by atoms with Crippen molar-refractivity contribution in [2.45, 2.75) is 13.8 Å². The SMILES string of the molecule is CCON(C=O)S(=O)(=O)CC. The number of amides is 1. The lowest BCUT2D eigenvalue weighted by Crippen LogP contribution is -2.31. The zero-order valence-electron chi connectivity index (χ0n) is 6.48. The van der Waals surface area contributed by atoms with Crippen molar-refractivity contribution in [1.29, 1.82) is 0 Å². The number of carbonyl (C=O) groups is 1. The molecule has 0 rings (SSSR count). The fourth-order valence-electron chi connectivity index (χ4n) is 0.431. The van der Waals surface area contributed by atoms with Gasteiger partial charge in [-0.15, -0.1) is 4.47 Å². The highest BCUT2D eigenvalue weighted by atomic mass is 32.2. The summed E-state index contributed by atoms with van der Waals surface area (Å²) in [5, 5.41) is 0. The highest BCUT2D eigenvalue weighted by Gasteiger charge is 2.17. The van der Waals surface area contributed by atoms with Crippen LogP contribution in [0.4, 0.5) is 0 Å². The van der Waals surface area contributed by atoms with E-state index in [1.165, 1.54) is 6.92 Å². The van der Waals surface area contributed by atoms with E-state index in [1.54, 1.807) is 6.92 Å². The van der Waals surface area contributed by atoms with Gasteiger partial charge in [0.15, 0.2) is 0 Å². The first-order chi connectivity index (χ1) is 5.08. The molecule has 0 aromatic carbocycles. The molecule has 0 radical (unpaired) electrons. The Labute approximate surface area is 65.9 Å². The van der Waals surface area contributed by atoms with Gasteiger partial charge < -0.3 is 0 Å². The Kier molecular flexibility index (Phi) is 4.06. The van der Waals surface area contributed by atoms with Crippen LogP contribution in [-0.4, -0.2) is 31.7 Å². The van der Waals surface area contributed by atoms with Crippen molar-refractivity contribution in [3.05, 3.63) is 0 Å². The first-order valence-corrected chi connectivity index (χ1v) is 4.79. The number of hydroxylamine groups is 1. The third-order valence-corrected chi connectivity index (χ3v) is 2.45. The average molecular weight is 181 g/mol. The second-order valence-electron chi connectivity index (χ2n) is 1.68. The number of hydrogen-bond acceptors (Lipinski definition) is 4. The molecule has 0 N–H and O–H groups in total. The van der Waals surface area contributed by atoms with Crippen LogP contribution in [0.15, 0.2) is 0 Å². The molecule has 6 heteroatoms. The molecule has 0 aliphatic rings. The van der Waals surface area contributed by atoms with E-state index in [2.05, 4.69) is 4.84 Å². The van der Waals surface area contributed by atoms with Crippen molar-refractivity contribution in [3.8, 4) is 0 Å². The van der Waals surface area contributed by atoms with Crippen LogP contribution in [0, 0.1) is 0 Å². The van der Waals surface area contributed by atoms with Gasteiger partial charge in [-0.05, 0) is 13.8 Å². The molecule has 5 nitrogen and oxygen atoms in total. The lowest BCUT2D eigenvalue weighted by Gasteiger charge is -2.13. The lowest BCUT2D eigenvalue weighted by molar-refractivity contribution is -0.142. The summed E-state index contributed by atoms with van der Waals surface area (Å²) in [7, 11) is -3.53. The number of nitrogens with zero attached hydrogens (tertiary/aromatic N) is 1. The minimum atomic E-state index is -3.53. The fourth-order valence-corrected chi connectivity index (χ4v) is 1.08. The van der Waals surface area contributed by atoms with Crippen molar-refractivity contribution in [2.75, 3.05) is 12.4 Å². The standard InChI is InChI=1S/C5H11NO4S/c1-3-10-6(5-7)11(8,9)4-2/h5H,3-4H2,1-2H3.